The van der Waals surface area contributed by atoms with Gasteiger partial charge < -0.3 is 9.74 Å². The maximum absolute atomic E-state index is 11.9. The molecule has 0 aliphatic carbocycles. The number of benzene rings is 1. The number of fused-ring (bicyclic) bond motifs is 1. The Balaban J connectivity index is 1.58. The predicted octanol–water partition coefficient (Wildman–Crippen LogP) is 3.10. The molecule has 32 heavy (non-hydrogen) atoms. The van der Waals surface area contributed by atoms with Crippen LogP contribution in [-0.2, 0) is 34.8 Å². The molecule has 1 N–H and O–H groups in total. The van der Waals surface area contributed by atoms with Gasteiger partial charge in [-0.05, 0) is 43.5 Å². The van der Waals surface area contributed by atoms with E-state index >= 15 is 0 Å². The lowest BCUT2D eigenvalue weighted by Crippen LogP contribution is -2.32. The number of carbonyl (C=O) groups is 3. The normalized spacial score (nSPS) is 19.1. The van der Waals surface area contributed by atoms with E-state index in [-0.39, 0.29) is 24.2 Å². The zero-order valence-electron chi connectivity index (χ0n) is 18.5. The van der Waals surface area contributed by atoms with Gasteiger partial charge in [0.1, 0.15) is 0 Å². The Morgan fingerprint density at radius 2 is 1.81 bits per heavy atom. The number of imide groups is 1. The highest BCUT2D eigenvalue weighted by molar-refractivity contribution is 7.85. The molecular formula is C22H28N2O7S. The summed E-state index contributed by atoms with van der Waals surface area (Å²) in [6, 6.07) is 4.62. The number of hydroxylamine groups is 2. The van der Waals surface area contributed by atoms with Crippen LogP contribution in [0.15, 0.2) is 34.9 Å². The minimum Gasteiger partial charge on any atom is -0.344 e. The van der Waals surface area contributed by atoms with Crippen molar-refractivity contribution in [2.75, 3.05) is 11.4 Å². The van der Waals surface area contributed by atoms with Gasteiger partial charge >= 0.3 is 5.97 Å². The van der Waals surface area contributed by atoms with E-state index in [2.05, 4.69) is 4.90 Å². The Morgan fingerprint density at radius 1 is 1.16 bits per heavy atom. The minimum absolute atomic E-state index is 0.0682. The summed E-state index contributed by atoms with van der Waals surface area (Å²) in [5, 5.41) is 0.560. The van der Waals surface area contributed by atoms with E-state index in [4.69, 9.17) is 4.84 Å². The summed E-state index contributed by atoms with van der Waals surface area (Å²) in [4.78, 5) is 41.8. The summed E-state index contributed by atoms with van der Waals surface area (Å²) in [6.07, 6.45) is 4.27. The molecule has 0 unspecified atom stereocenters. The van der Waals surface area contributed by atoms with Gasteiger partial charge in [0.2, 0.25) is 0 Å². The van der Waals surface area contributed by atoms with E-state index in [1.165, 1.54) is 12.1 Å². The van der Waals surface area contributed by atoms with Crippen LogP contribution in [0.4, 0.5) is 5.69 Å². The van der Waals surface area contributed by atoms with E-state index in [0.717, 1.165) is 29.8 Å². The molecular weight excluding hydrogens is 436 g/mol. The van der Waals surface area contributed by atoms with Gasteiger partial charge in [-0.3, -0.25) is 14.1 Å². The highest BCUT2D eigenvalue weighted by Gasteiger charge is 2.40. The second-order valence-electron chi connectivity index (χ2n) is 8.46. The van der Waals surface area contributed by atoms with Crippen LogP contribution in [0.5, 0.6) is 0 Å². The number of hydrogen-bond acceptors (Lipinski definition) is 7. The third-order valence-corrected chi connectivity index (χ3v) is 6.75. The Labute approximate surface area is 187 Å². The van der Waals surface area contributed by atoms with Crippen LogP contribution in [-0.4, -0.2) is 42.4 Å². The van der Waals surface area contributed by atoms with Crippen molar-refractivity contribution in [2.45, 2.75) is 69.6 Å². The number of carbonyl (C=O) groups excluding carboxylic acids is 3. The monoisotopic (exact) mass is 464 g/mol. The molecule has 2 heterocycles. The Morgan fingerprint density at radius 3 is 2.41 bits per heavy atom. The molecule has 2 aliphatic heterocycles. The van der Waals surface area contributed by atoms with Crippen molar-refractivity contribution >= 4 is 33.6 Å². The van der Waals surface area contributed by atoms with E-state index in [1.807, 2.05) is 26.8 Å². The average molecular weight is 465 g/mol. The fourth-order valence-corrected chi connectivity index (χ4v) is 4.80. The molecule has 3 rings (SSSR count). The molecule has 9 nitrogen and oxygen atoms in total. The van der Waals surface area contributed by atoms with Crippen molar-refractivity contribution in [3.05, 3.63) is 35.5 Å². The molecule has 2 aliphatic rings. The summed E-state index contributed by atoms with van der Waals surface area (Å²) in [5.41, 5.74) is 2.32. The third-order valence-electron chi connectivity index (χ3n) is 5.90. The molecule has 1 saturated heterocycles. The van der Waals surface area contributed by atoms with Crippen LogP contribution in [0.25, 0.3) is 0 Å². The Hall–Kier alpha value is -2.72. The van der Waals surface area contributed by atoms with Gasteiger partial charge in [0, 0.05) is 42.6 Å². The van der Waals surface area contributed by atoms with E-state index in [9.17, 15) is 27.4 Å². The number of amides is 2. The van der Waals surface area contributed by atoms with Crippen LogP contribution >= 0.6 is 0 Å². The molecule has 0 atom stereocenters. The largest absolute Gasteiger partial charge is 0.344 e. The van der Waals surface area contributed by atoms with Gasteiger partial charge in [0.05, 0.1) is 4.90 Å². The highest BCUT2D eigenvalue weighted by Crippen LogP contribution is 2.48. The van der Waals surface area contributed by atoms with Gasteiger partial charge in [-0.25, -0.2) is 4.79 Å². The molecule has 0 saturated carbocycles. The van der Waals surface area contributed by atoms with Gasteiger partial charge in [0.25, 0.3) is 21.9 Å². The second kappa shape index (κ2) is 9.03. The van der Waals surface area contributed by atoms with Crippen molar-refractivity contribution in [1.82, 2.24) is 5.06 Å². The van der Waals surface area contributed by atoms with Crippen molar-refractivity contribution < 1.29 is 32.2 Å². The first kappa shape index (κ1) is 23.9. The highest BCUT2D eigenvalue weighted by atomic mass is 32.2. The Kier molecular flexibility index (Phi) is 6.75. The molecule has 0 bridgehead atoms. The molecule has 0 radical (unpaired) electrons. The van der Waals surface area contributed by atoms with Crippen LogP contribution in [0.1, 0.15) is 64.9 Å². The molecule has 0 aromatic heterocycles. The fourth-order valence-electron chi connectivity index (χ4n) is 4.30. The summed E-state index contributed by atoms with van der Waals surface area (Å²) in [5.74, 6) is -1.59. The lowest BCUT2D eigenvalue weighted by molar-refractivity contribution is -0.197. The number of anilines is 1. The van der Waals surface area contributed by atoms with Crippen molar-refractivity contribution in [3.63, 3.8) is 0 Å². The lowest BCUT2D eigenvalue weighted by atomic mass is 9.84. The lowest BCUT2D eigenvalue weighted by Gasteiger charge is -2.27. The molecule has 1 aromatic rings. The molecule has 0 spiro atoms. The molecule has 2 amide bonds. The smallest absolute Gasteiger partial charge is 0.333 e. The number of allylic oxidation sites excluding steroid dienone is 2. The first-order valence-corrected chi connectivity index (χ1v) is 12.0. The van der Waals surface area contributed by atoms with Crippen molar-refractivity contribution in [3.8, 4) is 0 Å². The van der Waals surface area contributed by atoms with E-state index in [0.29, 0.717) is 18.0 Å². The number of rotatable bonds is 8. The number of unbranched alkanes of at least 4 members (excludes halogenated alkanes) is 2. The predicted molar refractivity (Wildman–Crippen MR) is 116 cm³/mol. The van der Waals surface area contributed by atoms with Crippen molar-refractivity contribution in [1.29, 1.82) is 0 Å². The van der Waals surface area contributed by atoms with Gasteiger partial charge in [0.15, 0.2) is 0 Å². The molecule has 10 heteroatoms. The van der Waals surface area contributed by atoms with E-state index < -0.39 is 33.3 Å². The summed E-state index contributed by atoms with van der Waals surface area (Å²) < 4.78 is 32.5. The number of hydrogen-bond donors (Lipinski definition) is 1. The maximum atomic E-state index is 11.9. The summed E-state index contributed by atoms with van der Waals surface area (Å²) >= 11 is 0. The fraction of sp³-hybridized carbons (Fsp3) is 0.500. The van der Waals surface area contributed by atoms with Crippen LogP contribution in [0, 0.1) is 0 Å². The van der Waals surface area contributed by atoms with Crippen LogP contribution in [0.2, 0.25) is 0 Å². The standard InChI is InChI=1S/C22H28N2O7S/c1-4-18-22(2,3)16-14-15(32(28,29)30)9-10-17(16)23(18)13-7-5-6-8-21(27)31-24-19(25)11-12-20(24)26/h4,9-10,14H,5-8,11-13H2,1-3H3,(H,28,29,30)/b18-4+. The number of nitrogens with zero attached hydrogens (tertiary/aromatic N) is 2. The van der Waals surface area contributed by atoms with Gasteiger partial charge in [-0.15, -0.1) is 5.06 Å². The first-order valence-electron chi connectivity index (χ1n) is 10.6. The SMILES string of the molecule is C/C=C1/N(CCCCCC(=O)ON2C(=O)CCC2=O)c2ccc(S(=O)(=O)O)cc2C1(C)C. The first-order chi connectivity index (χ1) is 15.0. The minimum atomic E-state index is -4.29. The Bertz CT molecular complexity index is 1060. The van der Waals surface area contributed by atoms with Crippen molar-refractivity contribution in [2.24, 2.45) is 0 Å². The van der Waals surface area contributed by atoms with Gasteiger partial charge in [-0.2, -0.15) is 8.42 Å². The average Bonchev–Trinajstić information content (AvgIpc) is 3.14. The molecule has 174 valence electrons. The molecule has 1 aromatic carbocycles. The van der Waals surface area contributed by atoms with Crippen LogP contribution < -0.4 is 4.90 Å². The second-order valence-corrected chi connectivity index (χ2v) is 9.88. The third kappa shape index (κ3) is 4.71. The van der Waals surface area contributed by atoms with E-state index in [1.54, 1.807) is 6.07 Å². The zero-order valence-corrected chi connectivity index (χ0v) is 19.3. The summed E-state index contributed by atoms with van der Waals surface area (Å²) in [6.45, 7) is 6.61. The van der Waals surface area contributed by atoms with Crippen LogP contribution in [0.3, 0.4) is 0 Å². The topological polar surface area (TPSA) is 121 Å². The quantitative estimate of drug-likeness (QED) is 0.354. The molecule has 1 fully saturated rings. The maximum Gasteiger partial charge on any atom is 0.333 e. The summed E-state index contributed by atoms with van der Waals surface area (Å²) in [7, 11) is -4.29. The van der Waals surface area contributed by atoms with Gasteiger partial charge in [-0.1, -0.05) is 26.3 Å². The zero-order chi connectivity index (χ0) is 23.7.